The van der Waals surface area contributed by atoms with E-state index in [9.17, 15) is 9.59 Å². The normalized spacial score (nSPS) is 30.9. The second-order valence-electron chi connectivity index (χ2n) is 8.71. The van der Waals surface area contributed by atoms with Crippen LogP contribution in [0.1, 0.15) is 48.9 Å². The van der Waals surface area contributed by atoms with Crippen molar-refractivity contribution in [1.82, 2.24) is 15.4 Å². The van der Waals surface area contributed by atoms with E-state index in [4.69, 9.17) is 0 Å². The largest absolute Gasteiger partial charge is 0.323 e. The van der Waals surface area contributed by atoms with Gasteiger partial charge in [-0.05, 0) is 80.5 Å². The highest BCUT2D eigenvalue weighted by molar-refractivity contribution is 5.99. The quantitative estimate of drug-likeness (QED) is 0.821. The monoisotopic (exact) mass is 363 g/mol. The molecule has 1 aromatic heterocycles. The molecule has 0 radical (unpaired) electrons. The summed E-state index contributed by atoms with van der Waals surface area (Å²) in [5, 5.41) is 0. The Morgan fingerprint density at radius 2 is 1.44 bits per heavy atom. The maximum Gasteiger partial charge on any atom is 0.271 e. The topological polar surface area (TPSA) is 63.1 Å². The molecule has 4 aliphatic rings. The predicted molar refractivity (Wildman–Crippen MR) is 102 cm³/mol. The fourth-order valence-electron chi connectivity index (χ4n) is 6.09. The molecule has 4 saturated carbocycles. The molecular weight excluding hydrogens is 338 g/mol. The van der Waals surface area contributed by atoms with Crippen LogP contribution in [0.5, 0.6) is 0 Å². The van der Waals surface area contributed by atoms with Crippen molar-refractivity contribution in [2.45, 2.75) is 38.5 Å². The molecule has 4 fully saturated rings. The molecule has 4 aliphatic carbocycles. The van der Waals surface area contributed by atoms with Gasteiger partial charge in [0, 0.05) is 12.4 Å². The first-order valence-corrected chi connectivity index (χ1v) is 9.96. The van der Waals surface area contributed by atoms with Gasteiger partial charge in [0.2, 0.25) is 5.91 Å². The fourth-order valence-corrected chi connectivity index (χ4v) is 6.09. The molecule has 0 atom stereocenters. The van der Waals surface area contributed by atoms with E-state index in [-0.39, 0.29) is 17.2 Å². The van der Waals surface area contributed by atoms with Crippen molar-refractivity contribution in [2.75, 3.05) is 0 Å². The average Bonchev–Trinajstić information content (AvgIpc) is 3.19. The number of para-hydroxylation sites is 1. The van der Waals surface area contributed by atoms with E-state index in [1.165, 1.54) is 19.3 Å². The number of nitrogens with one attached hydrogen (secondary N) is 2. The number of amides is 2. The Balaban J connectivity index is 1.30. The summed E-state index contributed by atoms with van der Waals surface area (Å²) < 4.78 is 1.90. The van der Waals surface area contributed by atoms with Crippen LogP contribution in [0, 0.1) is 23.2 Å². The van der Waals surface area contributed by atoms with Crippen LogP contribution in [0.2, 0.25) is 0 Å². The number of aromatic nitrogens is 1. The molecule has 1 heterocycles. The molecule has 5 nitrogen and oxygen atoms in total. The molecule has 2 N–H and O–H groups in total. The van der Waals surface area contributed by atoms with Crippen LogP contribution < -0.4 is 10.9 Å². The van der Waals surface area contributed by atoms with Crippen LogP contribution >= 0.6 is 0 Å². The van der Waals surface area contributed by atoms with E-state index in [0.717, 1.165) is 24.9 Å². The van der Waals surface area contributed by atoms with Gasteiger partial charge in [0.1, 0.15) is 0 Å². The average molecular weight is 363 g/mol. The smallest absolute Gasteiger partial charge is 0.271 e. The number of benzene rings is 1. The molecule has 4 bridgehead atoms. The van der Waals surface area contributed by atoms with Gasteiger partial charge in [-0.3, -0.25) is 20.4 Å². The Labute approximate surface area is 159 Å². The lowest BCUT2D eigenvalue weighted by atomic mass is 9.49. The van der Waals surface area contributed by atoms with Gasteiger partial charge < -0.3 is 4.57 Å². The van der Waals surface area contributed by atoms with E-state index in [2.05, 4.69) is 10.9 Å². The number of hydrazine groups is 1. The number of carbonyl (C=O) groups is 2. The van der Waals surface area contributed by atoms with Crippen molar-refractivity contribution in [3.05, 3.63) is 54.4 Å². The molecule has 5 heteroatoms. The van der Waals surface area contributed by atoms with E-state index in [0.29, 0.717) is 23.3 Å². The number of hydrogen-bond acceptors (Lipinski definition) is 2. The molecule has 2 aromatic rings. The van der Waals surface area contributed by atoms with Crippen molar-refractivity contribution in [1.29, 1.82) is 0 Å². The minimum Gasteiger partial charge on any atom is -0.323 e. The first kappa shape index (κ1) is 16.6. The maximum absolute atomic E-state index is 13.0. The Morgan fingerprint density at radius 1 is 0.852 bits per heavy atom. The minimum atomic E-state index is -0.280. The lowest BCUT2D eigenvalue weighted by Crippen LogP contribution is -2.56. The number of carbonyl (C=O) groups excluding carboxylic acids is 2. The summed E-state index contributed by atoms with van der Waals surface area (Å²) in [7, 11) is 0. The van der Waals surface area contributed by atoms with Crippen LogP contribution in [-0.4, -0.2) is 16.4 Å². The zero-order chi connectivity index (χ0) is 18.4. The van der Waals surface area contributed by atoms with Gasteiger partial charge in [-0.2, -0.15) is 0 Å². The second kappa shape index (κ2) is 6.25. The van der Waals surface area contributed by atoms with Crippen LogP contribution in [0.4, 0.5) is 0 Å². The van der Waals surface area contributed by atoms with Crippen molar-refractivity contribution in [2.24, 2.45) is 23.2 Å². The molecule has 0 spiro atoms. The van der Waals surface area contributed by atoms with Gasteiger partial charge in [0.05, 0.1) is 16.7 Å². The van der Waals surface area contributed by atoms with Crippen LogP contribution in [0.25, 0.3) is 5.69 Å². The van der Waals surface area contributed by atoms with Gasteiger partial charge in [0.15, 0.2) is 0 Å². The fraction of sp³-hybridized carbons (Fsp3) is 0.455. The molecule has 0 saturated heterocycles. The Bertz CT molecular complexity index is 836. The summed E-state index contributed by atoms with van der Waals surface area (Å²) in [6.45, 7) is 0. The molecule has 140 valence electrons. The summed E-state index contributed by atoms with van der Waals surface area (Å²) in [5.41, 5.74) is 6.51. The van der Waals surface area contributed by atoms with Crippen LogP contribution in [0.3, 0.4) is 0 Å². The van der Waals surface area contributed by atoms with Crippen molar-refractivity contribution >= 4 is 11.8 Å². The van der Waals surface area contributed by atoms with E-state index in [1.807, 2.05) is 47.3 Å². The molecule has 1 aromatic carbocycles. The summed E-state index contributed by atoms with van der Waals surface area (Å²) in [4.78, 5) is 25.8. The third kappa shape index (κ3) is 2.85. The maximum atomic E-state index is 13.0. The van der Waals surface area contributed by atoms with E-state index < -0.39 is 0 Å². The predicted octanol–water partition coefficient (Wildman–Crippen LogP) is 3.45. The van der Waals surface area contributed by atoms with Crippen LogP contribution in [0.15, 0.2) is 48.8 Å². The highest BCUT2D eigenvalue weighted by Crippen LogP contribution is 2.60. The highest BCUT2D eigenvalue weighted by atomic mass is 16.2. The standard InChI is InChI=1S/C22H25N3O2/c26-20(18-5-1-2-6-19(18)25-7-3-4-8-25)23-24-21(27)22-12-15-9-16(13-22)11-17(10-15)14-22/h1-8,15-17H,9-14H2,(H,23,26)(H,24,27). The van der Waals surface area contributed by atoms with Crippen molar-refractivity contribution in [3.8, 4) is 5.69 Å². The SMILES string of the molecule is O=C(NNC(=O)C12CC3CC(CC(C3)C1)C2)c1ccccc1-n1cccc1. The summed E-state index contributed by atoms with van der Waals surface area (Å²) in [6.07, 6.45) is 10.7. The lowest BCUT2D eigenvalue weighted by molar-refractivity contribution is -0.147. The van der Waals surface area contributed by atoms with E-state index in [1.54, 1.807) is 6.07 Å². The van der Waals surface area contributed by atoms with Crippen molar-refractivity contribution in [3.63, 3.8) is 0 Å². The molecule has 2 amide bonds. The first-order valence-electron chi connectivity index (χ1n) is 9.96. The number of nitrogens with zero attached hydrogens (tertiary/aromatic N) is 1. The Morgan fingerprint density at radius 3 is 2.07 bits per heavy atom. The molecule has 0 aliphatic heterocycles. The van der Waals surface area contributed by atoms with Crippen LogP contribution in [-0.2, 0) is 4.79 Å². The molecule has 0 unspecified atom stereocenters. The first-order chi connectivity index (χ1) is 13.1. The van der Waals surface area contributed by atoms with Gasteiger partial charge in [-0.15, -0.1) is 0 Å². The summed E-state index contributed by atoms with van der Waals surface area (Å²) in [5.74, 6) is 1.83. The Kier molecular flexibility index (Phi) is 3.85. The van der Waals surface area contributed by atoms with Gasteiger partial charge in [-0.1, -0.05) is 12.1 Å². The second-order valence-corrected chi connectivity index (χ2v) is 8.71. The van der Waals surface area contributed by atoms with E-state index >= 15 is 0 Å². The summed E-state index contributed by atoms with van der Waals surface area (Å²) >= 11 is 0. The van der Waals surface area contributed by atoms with Gasteiger partial charge >= 0.3 is 0 Å². The third-order valence-electron chi connectivity index (χ3n) is 6.84. The zero-order valence-corrected chi connectivity index (χ0v) is 15.4. The molecule has 6 rings (SSSR count). The zero-order valence-electron chi connectivity index (χ0n) is 15.4. The van der Waals surface area contributed by atoms with Gasteiger partial charge in [-0.25, -0.2) is 0 Å². The van der Waals surface area contributed by atoms with Gasteiger partial charge in [0.25, 0.3) is 5.91 Å². The molecule has 27 heavy (non-hydrogen) atoms. The molecular formula is C22H25N3O2. The Hall–Kier alpha value is -2.56. The van der Waals surface area contributed by atoms with Crippen molar-refractivity contribution < 1.29 is 9.59 Å². The third-order valence-corrected chi connectivity index (χ3v) is 6.84. The number of rotatable bonds is 3. The minimum absolute atomic E-state index is 0.00777. The summed E-state index contributed by atoms with van der Waals surface area (Å²) in [6, 6.07) is 11.3. The lowest BCUT2D eigenvalue weighted by Gasteiger charge is -2.55. The highest BCUT2D eigenvalue weighted by Gasteiger charge is 2.54. The number of hydrogen-bond donors (Lipinski definition) is 2.